The van der Waals surface area contributed by atoms with Crippen LogP contribution in [0.15, 0.2) is 41.3 Å². The number of amides is 1. The molecule has 0 saturated carbocycles. The Balaban J connectivity index is 1.09. The number of carbonyl (C=O) groups is 1. The number of nitrogens with zero attached hydrogens (tertiary/aromatic N) is 2. The number of fused-ring (bicyclic) bond motifs is 2. The van der Waals surface area contributed by atoms with Crippen LogP contribution in [0.3, 0.4) is 0 Å². The molecule has 2 aromatic rings. The zero-order valence-corrected chi connectivity index (χ0v) is 18.9. The van der Waals surface area contributed by atoms with E-state index in [1.807, 2.05) is 18.2 Å². The van der Waals surface area contributed by atoms with Gasteiger partial charge in [0.25, 0.3) is 5.91 Å². The average molecular weight is 475 g/mol. The first-order chi connectivity index (χ1) is 16.0. The fourth-order valence-electron chi connectivity index (χ4n) is 4.20. The van der Waals surface area contributed by atoms with E-state index in [2.05, 4.69) is 19.8 Å². The maximum Gasteiger partial charge on any atom is 0.262 e. The van der Waals surface area contributed by atoms with Crippen molar-refractivity contribution in [1.82, 2.24) is 9.62 Å². The first kappa shape index (κ1) is 21.8. The number of sulfonamides is 1. The van der Waals surface area contributed by atoms with E-state index < -0.39 is 10.0 Å². The largest absolute Gasteiger partial charge is 0.479 e. The highest BCUT2D eigenvalue weighted by atomic mass is 32.2. The highest BCUT2D eigenvalue weighted by Crippen LogP contribution is 2.38. The summed E-state index contributed by atoms with van der Waals surface area (Å²) >= 11 is 0. The summed E-state index contributed by atoms with van der Waals surface area (Å²) in [5, 5.41) is 2.85. The van der Waals surface area contributed by atoms with Crippen LogP contribution in [0.2, 0.25) is 0 Å². The Labute approximate surface area is 192 Å². The van der Waals surface area contributed by atoms with E-state index in [1.165, 1.54) is 12.1 Å². The molecule has 3 heterocycles. The Morgan fingerprint density at radius 3 is 2.67 bits per heavy atom. The van der Waals surface area contributed by atoms with Crippen LogP contribution >= 0.6 is 0 Å². The number of nitrogens with one attached hydrogen (secondary N) is 2. The van der Waals surface area contributed by atoms with E-state index in [4.69, 9.17) is 14.2 Å². The van der Waals surface area contributed by atoms with Crippen molar-refractivity contribution in [3.8, 4) is 17.2 Å². The number of ether oxygens (including phenoxy) is 3. The quantitative estimate of drug-likeness (QED) is 0.577. The second-order valence-corrected chi connectivity index (χ2v) is 9.85. The fourth-order valence-corrected chi connectivity index (χ4v) is 5.29. The van der Waals surface area contributed by atoms with E-state index in [-0.39, 0.29) is 24.2 Å². The predicted octanol–water partition coefficient (Wildman–Crippen LogP) is 1.24. The van der Waals surface area contributed by atoms with E-state index in [1.54, 1.807) is 6.07 Å². The van der Waals surface area contributed by atoms with Gasteiger partial charge in [-0.2, -0.15) is 0 Å². The van der Waals surface area contributed by atoms with Gasteiger partial charge >= 0.3 is 0 Å². The van der Waals surface area contributed by atoms with Crippen molar-refractivity contribution in [3.63, 3.8) is 0 Å². The van der Waals surface area contributed by atoms with Crippen LogP contribution in [-0.4, -0.2) is 71.9 Å². The lowest BCUT2D eigenvalue weighted by molar-refractivity contribution is -0.118. The lowest BCUT2D eigenvalue weighted by Crippen LogP contribution is -2.47. The summed E-state index contributed by atoms with van der Waals surface area (Å²) in [7, 11) is -3.60. The van der Waals surface area contributed by atoms with Crippen molar-refractivity contribution in [1.29, 1.82) is 0 Å². The number of piperazine rings is 1. The molecule has 1 amide bonds. The minimum Gasteiger partial charge on any atom is -0.479 e. The molecular weight excluding hydrogens is 448 g/mol. The number of hydrogen-bond donors (Lipinski definition) is 2. The number of hydrogen-bond acceptors (Lipinski definition) is 8. The van der Waals surface area contributed by atoms with Gasteiger partial charge in [-0.05, 0) is 37.2 Å². The molecule has 1 fully saturated rings. The predicted molar refractivity (Wildman–Crippen MR) is 122 cm³/mol. The molecule has 0 bridgehead atoms. The molecule has 0 radical (unpaired) electrons. The third kappa shape index (κ3) is 4.70. The van der Waals surface area contributed by atoms with E-state index in [0.717, 1.165) is 44.2 Å². The summed E-state index contributed by atoms with van der Waals surface area (Å²) in [6, 6.07) is 10.4. The van der Waals surface area contributed by atoms with Crippen LogP contribution in [0.1, 0.15) is 6.42 Å². The maximum absolute atomic E-state index is 12.6. The molecule has 11 heteroatoms. The van der Waals surface area contributed by atoms with Crippen LogP contribution in [0.4, 0.5) is 11.4 Å². The molecule has 5 rings (SSSR count). The molecule has 0 spiro atoms. The van der Waals surface area contributed by atoms with Gasteiger partial charge in [0, 0.05) is 38.8 Å². The van der Waals surface area contributed by atoms with Gasteiger partial charge in [-0.25, -0.2) is 13.1 Å². The SMILES string of the molecule is O=C1COc2c(cccc2N2CCN(CCCNS(=O)(=O)c3ccc4c(c3)OCO4)CC2)N1. The van der Waals surface area contributed by atoms with Crippen molar-refractivity contribution in [3.05, 3.63) is 36.4 Å². The molecule has 2 aromatic carbocycles. The summed E-state index contributed by atoms with van der Waals surface area (Å²) in [5.74, 6) is 1.59. The first-order valence-electron chi connectivity index (χ1n) is 10.9. The Bertz CT molecular complexity index is 1150. The molecule has 2 N–H and O–H groups in total. The topological polar surface area (TPSA) is 109 Å². The molecule has 1 saturated heterocycles. The van der Waals surface area contributed by atoms with Gasteiger partial charge < -0.3 is 24.4 Å². The molecule has 3 aliphatic heterocycles. The fraction of sp³-hybridized carbons (Fsp3) is 0.409. The first-order valence-corrected chi connectivity index (χ1v) is 12.4. The third-order valence-electron chi connectivity index (χ3n) is 5.93. The van der Waals surface area contributed by atoms with E-state index in [0.29, 0.717) is 30.2 Å². The number of anilines is 2. The summed E-state index contributed by atoms with van der Waals surface area (Å²) in [6.45, 7) is 4.69. The zero-order valence-electron chi connectivity index (χ0n) is 18.1. The van der Waals surface area contributed by atoms with Crippen LogP contribution in [0.5, 0.6) is 17.2 Å². The van der Waals surface area contributed by atoms with Crippen LogP contribution in [-0.2, 0) is 14.8 Å². The van der Waals surface area contributed by atoms with E-state index in [9.17, 15) is 13.2 Å². The van der Waals surface area contributed by atoms with Crippen molar-refractivity contribution in [2.45, 2.75) is 11.3 Å². The molecule has 33 heavy (non-hydrogen) atoms. The van der Waals surface area contributed by atoms with Crippen LogP contribution < -0.4 is 29.1 Å². The Hall–Kier alpha value is -3.02. The van der Waals surface area contributed by atoms with Gasteiger partial charge in [0.05, 0.1) is 16.3 Å². The summed E-state index contributed by atoms with van der Waals surface area (Å²) in [6.07, 6.45) is 0.708. The second-order valence-electron chi connectivity index (χ2n) is 8.09. The van der Waals surface area contributed by atoms with Crippen molar-refractivity contribution >= 4 is 27.3 Å². The smallest absolute Gasteiger partial charge is 0.262 e. The normalized spacial score (nSPS) is 17.9. The minimum atomic E-state index is -3.60. The van der Waals surface area contributed by atoms with Gasteiger partial charge in [-0.1, -0.05) is 6.07 Å². The minimum absolute atomic E-state index is 0.0339. The zero-order chi connectivity index (χ0) is 22.8. The number of rotatable bonds is 7. The van der Waals surface area contributed by atoms with Gasteiger partial charge in [0.2, 0.25) is 16.8 Å². The molecule has 0 aromatic heterocycles. The number of para-hydroxylation sites is 1. The Morgan fingerprint density at radius 2 is 1.82 bits per heavy atom. The average Bonchev–Trinajstić information content (AvgIpc) is 3.30. The molecule has 0 atom stereocenters. The number of carbonyl (C=O) groups excluding carboxylic acids is 1. The van der Waals surface area contributed by atoms with Gasteiger partial charge in [-0.3, -0.25) is 9.69 Å². The molecule has 0 unspecified atom stereocenters. The van der Waals surface area contributed by atoms with Gasteiger partial charge in [0.15, 0.2) is 23.9 Å². The summed E-state index contributed by atoms with van der Waals surface area (Å²) < 4.78 is 43.9. The Kier molecular flexibility index (Phi) is 6.00. The third-order valence-corrected chi connectivity index (χ3v) is 7.39. The number of benzene rings is 2. The second kappa shape index (κ2) is 9.08. The molecule has 0 aliphatic carbocycles. The van der Waals surface area contributed by atoms with Crippen molar-refractivity contribution in [2.24, 2.45) is 0 Å². The van der Waals surface area contributed by atoms with Gasteiger partial charge in [0.1, 0.15) is 0 Å². The van der Waals surface area contributed by atoms with Crippen molar-refractivity contribution < 1.29 is 27.4 Å². The lowest BCUT2D eigenvalue weighted by atomic mass is 10.2. The van der Waals surface area contributed by atoms with Crippen molar-refractivity contribution in [2.75, 3.05) is 62.9 Å². The summed E-state index contributed by atoms with van der Waals surface area (Å²) in [5.41, 5.74) is 1.70. The highest BCUT2D eigenvalue weighted by molar-refractivity contribution is 7.89. The van der Waals surface area contributed by atoms with Crippen LogP contribution in [0.25, 0.3) is 0 Å². The molecular formula is C22H26N4O6S. The maximum atomic E-state index is 12.6. The molecule has 176 valence electrons. The monoisotopic (exact) mass is 474 g/mol. The van der Waals surface area contributed by atoms with E-state index >= 15 is 0 Å². The molecule has 3 aliphatic rings. The van der Waals surface area contributed by atoms with Crippen LogP contribution in [0, 0.1) is 0 Å². The standard InChI is InChI=1S/C22H26N4O6S/c27-21-14-30-22-17(24-21)3-1-4-18(22)26-11-9-25(10-12-26)8-2-7-23-33(28,29)16-5-6-19-20(13-16)32-15-31-19/h1,3-6,13,23H,2,7-12,14-15H2,(H,24,27). The lowest BCUT2D eigenvalue weighted by Gasteiger charge is -2.37. The molecule has 10 nitrogen and oxygen atoms in total. The summed E-state index contributed by atoms with van der Waals surface area (Å²) in [4.78, 5) is 16.3. The Morgan fingerprint density at radius 1 is 1.00 bits per heavy atom. The van der Waals surface area contributed by atoms with Gasteiger partial charge in [-0.15, -0.1) is 0 Å². The highest BCUT2D eigenvalue weighted by Gasteiger charge is 2.25.